The van der Waals surface area contributed by atoms with E-state index in [0.717, 1.165) is 5.69 Å². The average molecular weight is 236 g/mol. The molecule has 0 fully saturated rings. The number of aliphatic hydroxyl groups is 1. The van der Waals surface area contributed by atoms with Crippen LogP contribution in [0.4, 0.5) is 0 Å². The first-order valence-corrected chi connectivity index (χ1v) is 5.05. The van der Waals surface area contributed by atoms with Gasteiger partial charge < -0.3 is 19.2 Å². The zero-order valence-electron chi connectivity index (χ0n) is 9.25. The van der Waals surface area contributed by atoms with Crippen molar-refractivity contribution in [1.29, 1.82) is 0 Å². The predicted molar refractivity (Wildman–Crippen MR) is 57.7 cm³/mol. The number of carbonyl (C=O) groups is 1. The third kappa shape index (κ3) is 2.21. The van der Waals surface area contributed by atoms with Gasteiger partial charge in [-0.25, -0.2) is 9.78 Å². The molecule has 0 radical (unpaired) electrons. The third-order valence-electron chi connectivity index (χ3n) is 2.55. The van der Waals surface area contributed by atoms with Gasteiger partial charge in [0, 0.05) is 5.69 Å². The van der Waals surface area contributed by atoms with Crippen LogP contribution in [0.1, 0.15) is 27.7 Å². The highest BCUT2D eigenvalue weighted by atomic mass is 16.4. The van der Waals surface area contributed by atoms with Gasteiger partial charge >= 0.3 is 5.97 Å². The molecule has 0 saturated carbocycles. The summed E-state index contributed by atoms with van der Waals surface area (Å²) in [4.78, 5) is 14.7. The summed E-state index contributed by atoms with van der Waals surface area (Å²) in [5.74, 6) is -0.637. The number of imidazole rings is 1. The van der Waals surface area contributed by atoms with E-state index in [1.807, 2.05) is 6.92 Å². The Balaban J connectivity index is 2.19. The van der Waals surface area contributed by atoms with Gasteiger partial charge in [0.05, 0.1) is 25.2 Å². The summed E-state index contributed by atoms with van der Waals surface area (Å²) in [6.45, 7) is 2.11. The number of aliphatic hydroxyl groups excluding tert-OH is 1. The van der Waals surface area contributed by atoms with Crippen molar-refractivity contribution in [2.24, 2.45) is 0 Å². The maximum atomic E-state index is 10.6. The van der Waals surface area contributed by atoms with Gasteiger partial charge in [-0.15, -0.1) is 0 Å². The quantitative estimate of drug-likeness (QED) is 0.827. The standard InChI is InChI=1S/C11H12N2O4/c1-7-9(5-14)12-6-13(7)4-8-2-3-10(17-8)11(15)16/h2-3,6,14H,4-5H2,1H3,(H,15,16). The number of aromatic nitrogens is 2. The smallest absolute Gasteiger partial charge is 0.371 e. The van der Waals surface area contributed by atoms with Crippen molar-refractivity contribution < 1.29 is 19.4 Å². The molecule has 17 heavy (non-hydrogen) atoms. The van der Waals surface area contributed by atoms with Crippen LogP contribution in [0.2, 0.25) is 0 Å². The van der Waals surface area contributed by atoms with E-state index in [-0.39, 0.29) is 12.4 Å². The molecule has 0 atom stereocenters. The highest BCUT2D eigenvalue weighted by Gasteiger charge is 2.11. The maximum Gasteiger partial charge on any atom is 0.371 e. The molecule has 0 bridgehead atoms. The summed E-state index contributed by atoms with van der Waals surface area (Å²) in [5.41, 5.74) is 1.44. The van der Waals surface area contributed by atoms with Crippen LogP contribution < -0.4 is 0 Å². The van der Waals surface area contributed by atoms with Crippen LogP contribution >= 0.6 is 0 Å². The van der Waals surface area contributed by atoms with Crippen LogP contribution in [-0.2, 0) is 13.2 Å². The van der Waals surface area contributed by atoms with Crippen molar-refractivity contribution in [1.82, 2.24) is 9.55 Å². The second-order valence-corrected chi connectivity index (χ2v) is 3.63. The van der Waals surface area contributed by atoms with Crippen molar-refractivity contribution in [3.8, 4) is 0 Å². The van der Waals surface area contributed by atoms with E-state index in [2.05, 4.69) is 4.98 Å². The molecule has 0 aliphatic carbocycles. The summed E-state index contributed by atoms with van der Waals surface area (Å²) in [7, 11) is 0. The molecule has 0 aliphatic rings. The van der Waals surface area contributed by atoms with E-state index < -0.39 is 5.97 Å². The van der Waals surface area contributed by atoms with E-state index in [0.29, 0.717) is 18.0 Å². The molecule has 0 aromatic carbocycles. The lowest BCUT2D eigenvalue weighted by Crippen LogP contribution is -2.00. The molecule has 2 N–H and O–H groups in total. The first-order valence-electron chi connectivity index (χ1n) is 5.05. The Morgan fingerprint density at radius 2 is 2.29 bits per heavy atom. The summed E-state index contributed by atoms with van der Waals surface area (Å²) >= 11 is 0. The minimum atomic E-state index is -1.09. The van der Waals surface area contributed by atoms with Gasteiger partial charge in [0.2, 0.25) is 5.76 Å². The number of furan rings is 1. The molecule has 0 spiro atoms. The maximum absolute atomic E-state index is 10.6. The van der Waals surface area contributed by atoms with Crippen molar-refractivity contribution in [2.45, 2.75) is 20.1 Å². The summed E-state index contributed by atoms with van der Waals surface area (Å²) in [6, 6.07) is 3.03. The minimum Gasteiger partial charge on any atom is -0.475 e. The van der Waals surface area contributed by atoms with Gasteiger partial charge in [-0.3, -0.25) is 0 Å². The molecule has 6 nitrogen and oxygen atoms in total. The number of nitrogens with zero attached hydrogens (tertiary/aromatic N) is 2. The van der Waals surface area contributed by atoms with Crippen molar-refractivity contribution in [3.05, 3.63) is 41.4 Å². The minimum absolute atomic E-state index is 0.0832. The Morgan fingerprint density at radius 1 is 1.53 bits per heavy atom. The fraction of sp³-hybridized carbons (Fsp3) is 0.273. The first-order chi connectivity index (χ1) is 8.11. The Labute approximate surface area is 97.1 Å². The number of hydrogen-bond donors (Lipinski definition) is 2. The largest absolute Gasteiger partial charge is 0.475 e. The summed E-state index contributed by atoms with van der Waals surface area (Å²) in [6.07, 6.45) is 1.59. The fourth-order valence-electron chi connectivity index (χ4n) is 1.55. The fourth-order valence-corrected chi connectivity index (χ4v) is 1.55. The van der Waals surface area contributed by atoms with Crippen molar-refractivity contribution in [2.75, 3.05) is 0 Å². The number of hydrogen-bond acceptors (Lipinski definition) is 4. The topological polar surface area (TPSA) is 88.5 Å². The van der Waals surface area contributed by atoms with Gasteiger partial charge in [-0.05, 0) is 19.1 Å². The normalized spacial score (nSPS) is 10.7. The van der Waals surface area contributed by atoms with Crippen LogP contribution in [0.25, 0.3) is 0 Å². The molecule has 90 valence electrons. The van der Waals surface area contributed by atoms with E-state index in [4.69, 9.17) is 14.6 Å². The number of carboxylic acid groups (broad SMARTS) is 1. The van der Waals surface area contributed by atoms with Gasteiger partial charge in [-0.1, -0.05) is 0 Å². The lowest BCUT2D eigenvalue weighted by atomic mass is 10.3. The Hall–Kier alpha value is -2.08. The summed E-state index contributed by atoms with van der Waals surface area (Å²) in [5, 5.41) is 17.7. The van der Waals surface area contributed by atoms with Crippen LogP contribution in [0.3, 0.4) is 0 Å². The number of carboxylic acids is 1. The molecule has 2 aromatic rings. The highest BCUT2D eigenvalue weighted by Crippen LogP contribution is 2.12. The molecule has 2 heterocycles. The van der Waals surface area contributed by atoms with E-state index in [9.17, 15) is 4.79 Å². The molecule has 6 heteroatoms. The van der Waals surface area contributed by atoms with Gasteiger partial charge in [0.15, 0.2) is 0 Å². The second kappa shape index (κ2) is 4.42. The lowest BCUT2D eigenvalue weighted by Gasteiger charge is -2.02. The predicted octanol–water partition coefficient (Wildman–Crippen LogP) is 1.02. The molecule has 0 amide bonds. The molecule has 0 aliphatic heterocycles. The van der Waals surface area contributed by atoms with Crippen LogP contribution in [-0.4, -0.2) is 25.7 Å². The lowest BCUT2D eigenvalue weighted by molar-refractivity contribution is 0.0660. The Bertz CT molecular complexity index is 541. The average Bonchev–Trinajstić information content (AvgIpc) is 2.88. The summed E-state index contributed by atoms with van der Waals surface area (Å²) < 4.78 is 6.92. The van der Waals surface area contributed by atoms with Crippen LogP contribution in [0.5, 0.6) is 0 Å². The van der Waals surface area contributed by atoms with Gasteiger partial charge in [-0.2, -0.15) is 0 Å². The van der Waals surface area contributed by atoms with Crippen LogP contribution in [0, 0.1) is 6.92 Å². The van der Waals surface area contributed by atoms with E-state index in [1.165, 1.54) is 6.07 Å². The molecule has 2 aromatic heterocycles. The van der Waals surface area contributed by atoms with Gasteiger partial charge in [0.1, 0.15) is 5.76 Å². The molecular weight excluding hydrogens is 224 g/mol. The monoisotopic (exact) mass is 236 g/mol. The molecule has 0 unspecified atom stereocenters. The van der Waals surface area contributed by atoms with Crippen molar-refractivity contribution in [3.63, 3.8) is 0 Å². The second-order valence-electron chi connectivity index (χ2n) is 3.63. The zero-order valence-corrected chi connectivity index (χ0v) is 9.25. The SMILES string of the molecule is Cc1c(CO)ncn1Cc1ccc(C(=O)O)o1. The number of aromatic carboxylic acids is 1. The Morgan fingerprint density at radius 3 is 2.82 bits per heavy atom. The van der Waals surface area contributed by atoms with Crippen molar-refractivity contribution >= 4 is 5.97 Å². The highest BCUT2D eigenvalue weighted by molar-refractivity contribution is 5.84. The van der Waals surface area contributed by atoms with E-state index in [1.54, 1.807) is 17.0 Å². The van der Waals surface area contributed by atoms with E-state index >= 15 is 0 Å². The molecule has 0 saturated heterocycles. The molecule has 2 rings (SSSR count). The van der Waals surface area contributed by atoms with Crippen LogP contribution in [0.15, 0.2) is 22.9 Å². The number of rotatable bonds is 4. The molecular formula is C11H12N2O4. The first kappa shape index (κ1) is 11.4. The zero-order chi connectivity index (χ0) is 12.4. The Kier molecular flexibility index (Phi) is 2.97. The third-order valence-corrected chi connectivity index (χ3v) is 2.55. The van der Waals surface area contributed by atoms with Gasteiger partial charge in [0.25, 0.3) is 0 Å².